The summed E-state index contributed by atoms with van der Waals surface area (Å²) in [6, 6.07) is 5.63. The van der Waals surface area contributed by atoms with Crippen LogP contribution in [0.1, 0.15) is 32.3 Å². The number of anilines is 1. The minimum absolute atomic E-state index is 0.0437. The maximum Gasteiger partial charge on any atom is 0.144 e. The largest absolute Gasteiger partial charge is 0.489 e. The molecule has 0 aromatic heterocycles. The van der Waals surface area contributed by atoms with Crippen LogP contribution in [0.4, 0.5) is 5.69 Å². The molecule has 112 valence electrons. The molecule has 4 N–H and O–H groups in total. The molecule has 5 heteroatoms. The van der Waals surface area contributed by atoms with Gasteiger partial charge in [0.05, 0.1) is 6.61 Å². The van der Waals surface area contributed by atoms with Crippen molar-refractivity contribution >= 4 is 11.5 Å². The van der Waals surface area contributed by atoms with Crippen molar-refractivity contribution in [2.45, 2.75) is 33.6 Å². The average Bonchev–Trinajstić information content (AvgIpc) is 3.31. The molecule has 5 nitrogen and oxygen atoms in total. The molecule has 1 saturated carbocycles. The number of aliphatic hydroxyl groups excluding tert-OH is 1. The molecule has 0 atom stereocenters. The number of rotatable bonds is 5. The zero-order valence-electron chi connectivity index (χ0n) is 12.5. The van der Waals surface area contributed by atoms with Gasteiger partial charge in [-0.3, -0.25) is 10.4 Å². The molecular weight excluding hydrogens is 254 g/mol. The second kappa shape index (κ2) is 7.87. The second-order valence-electron chi connectivity index (χ2n) is 4.57. The van der Waals surface area contributed by atoms with E-state index in [1.807, 2.05) is 39.0 Å². The highest BCUT2D eigenvalue weighted by Crippen LogP contribution is 2.35. The van der Waals surface area contributed by atoms with E-state index in [0.717, 1.165) is 18.4 Å². The van der Waals surface area contributed by atoms with Crippen LogP contribution < -0.4 is 15.6 Å². The zero-order chi connectivity index (χ0) is 15.1. The number of hydrazine groups is 1. The number of ether oxygens (including phenoxy) is 1. The minimum atomic E-state index is -0.0437. The summed E-state index contributed by atoms with van der Waals surface area (Å²) in [5.41, 5.74) is 1.74. The number of nitrogens with one attached hydrogen (secondary N) is 1. The Morgan fingerprint density at radius 3 is 2.65 bits per heavy atom. The molecular formula is C15H25N3O2. The van der Waals surface area contributed by atoms with Crippen molar-refractivity contribution in [3.63, 3.8) is 0 Å². The summed E-state index contributed by atoms with van der Waals surface area (Å²) < 4.78 is 5.44. The third-order valence-corrected chi connectivity index (χ3v) is 2.95. The van der Waals surface area contributed by atoms with Gasteiger partial charge in [0.25, 0.3) is 0 Å². The predicted octanol–water partition coefficient (Wildman–Crippen LogP) is 2.46. The number of aryl methyl sites for hydroxylation is 1. The summed E-state index contributed by atoms with van der Waals surface area (Å²) in [6.45, 7) is 6.15. The van der Waals surface area contributed by atoms with Crippen molar-refractivity contribution in [1.29, 1.82) is 5.41 Å². The van der Waals surface area contributed by atoms with Gasteiger partial charge in [0.1, 0.15) is 23.9 Å². The third kappa shape index (κ3) is 4.21. The van der Waals surface area contributed by atoms with Crippen molar-refractivity contribution in [2.24, 2.45) is 11.8 Å². The predicted molar refractivity (Wildman–Crippen MR) is 82.2 cm³/mol. The first-order chi connectivity index (χ1) is 9.63. The van der Waals surface area contributed by atoms with Crippen LogP contribution in [-0.2, 0) is 0 Å². The Hall–Kier alpha value is -1.59. The van der Waals surface area contributed by atoms with Gasteiger partial charge in [-0.15, -0.1) is 0 Å². The van der Waals surface area contributed by atoms with Crippen molar-refractivity contribution in [3.8, 4) is 5.75 Å². The molecule has 1 aromatic rings. The fourth-order valence-corrected chi connectivity index (χ4v) is 1.78. The normalized spacial score (nSPS) is 13.2. The third-order valence-electron chi connectivity index (χ3n) is 2.95. The summed E-state index contributed by atoms with van der Waals surface area (Å²) in [7, 11) is 0. The van der Waals surface area contributed by atoms with Crippen LogP contribution in [0.5, 0.6) is 5.75 Å². The smallest absolute Gasteiger partial charge is 0.144 e. The topological polar surface area (TPSA) is 82.6 Å². The first-order valence-electron chi connectivity index (χ1n) is 7.11. The molecule has 0 radical (unpaired) electrons. The van der Waals surface area contributed by atoms with Crippen LogP contribution in [0, 0.1) is 18.3 Å². The van der Waals surface area contributed by atoms with Gasteiger partial charge in [-0.05, 0) is 37.5 Å². The average molecular weight is 279 g/mol. The molecule has 0 aliphatic heterocycles. The van der Waals surface area contributed by atoms with Crippen LogP contribution in [-0.4, -0.2) is 24.2 Å². The van der Waals surface area contributed by atoms with E-state index in [4.69, 9.17) is 21.1 Å². The van der Waals surface area contributed by atoms with Gasteiger partial charge < -0.3 is 9.84 Å². The van der Waals surface area contributed by atoms with E-state index >= 15 is 0 Å². The second-order valence-corrected chi connectivity index (χ2v) is 4.57. The lowest BCUT2D eigenvalue weighted by molar-refractivity contribution is 0.202. The van der Waals surface area contributed by atoms with Gasteiger partial charge in [0.15, 0.2) is 0 Å². The lowest BCUT2D eigenvalue weighted by Crippen LogP contribution is -2.38. The molecule has 0 heterocycles. The molecule has 1 fully saturated rings. The van der Waals surface area contributed by atoms with E-state index in [9.17, 15) is 0 Å². The first-order valence-corrected chi connectivity index (χ1v) is 7.11. The van der Waals surface area contributed by atoms with Crippen molar-refractivity contribution in [2.75, 3.05) is 18.2 Å². The fourth-order valence-electron chi connectivity index (χ4n) is 1.78. The Kier molecular flexibility index (Phi) is 6.48. The Morgan fingerprint density at radius 1 is 1.45 bits per heavy atom. The van der Waals surface area contributed by atoms with Crippen LogP contribution in [0.25, 0.3) is 0 Å². The van der Waals surface area contributed by atoms with Crippen LogP contribution in [0.2, 0.25) is 0 Å². The zero-order valence-corrected chi connectivity index (χ0v) is 12.5. The highest BCUT2D eigenvalue weighted by Gasteiger charge is 2.30. The van der Waals surface area contributed by atoms with Crippen molar-refractivity contribution in [3.05, 3.63) is 23.8 Å². The summed E-state index contributed by atoms with van der Waals surface area (Å²) in [4.78, 5) is 0. The van der Waals surface area contributed by atoms with Gasteiger partial charge in [-0.25, -0.2) is 5.84 Å². The summed E-state index contributed by atoms with van der Waals surface area (Å²) in [6.07, 6.45) is 2.07. The Bertz CT molecular complexity index is 445. The van der Waals surface area contributed by atoms with Crippen LogP contribution in [0.15, 0.2) is 18.2 Å². The van der Waals surface area contributed by atoms with E-state index in [1.54, 1.807) is 0 Å². The van der Waals surface area contributed by atoms with E-state index in [0.29, 0.717) is 17.3 Å². The van der Waals surface area contributed by atoms with E-state index < -0.39 is 0 Å². The molecule has 2 rings (SSSR count). The number of hydrogen-bond donors (Lipinski definition) is 3. The lowest BCUT2D eigenvalue weighted by Gasteiger charge is -2.22. The summed E-state index contributed by atoms with van der Waals surface area (Å²) in [5, 5.41) is 18.2. The summed E-state index contributed by atoms with van der Waals surface area (Å²) in [5.74, 6) is 7.29. The van der Waals surface area contributed by atoms with Gasteiger partial charge >= 0.3 is 0 Å². The molecule has 0 spiro atoms. The maximum absolute atomic E-state index is 8.81. The number of nitrogens with zero attached hydrogens (tertiary/aromatic N) is 1. The Morgan fingerprint density at radius 2 is 2.10 bits per heavy atom. The number of hydrogen-bond acceptors (Lipinski definition) is 4. The highest BCUT2D eigenvalue weighted by atomic mass is 16.5. The number of benzene rings is 1. The standard InChI is InChI=1S/C13H19N3O2.C2H6/c1-9-2-5-12(18-7-6-17)11(8-9)16(15)13(14)10-3-4-10;1-2/h2,5,8,10,14,17H,3-4,6-7,15H2,1H3;1-2H3. The van der Waals surface area contributed by atoms with E-state index in [2.05, 4.69) is 0 Å². The molecule has 0 unspecified atom stereocenters. The van der Waals surface area contributed by atoms with Crippen LogP contribution >= 0.6 is 0 Å². The molecule has 1 aliphatic carbocycles. The van der Waals surface area contributed by atoms with E-state index in [1.165, 1.54) is 5.01 Å². The van der Waals surface area contributed by atoms with Gasteiger partial charge in [0.2, 0.25) is 0 Å². The van der Waals surface area contributed by atoms with Gasteiger partial charge in [0, 0.05) is 5.92 Å². The first kappa shape index (κ1) is 16.5. The molecule has 0 amide bonds. The fraction of sp³-hybridized carbons (Fsp3) is 0.533. The quantitative estimate of drug-likeness (QED) is 0.335. The number of amidine groups is 1. The molecule has 1 aliphatic rings. The molecule has 0 bridgehead atoms. The maximum atomic E-state index is 8.81. The lowest BCUT2D eigenvalue weighted by atomic mass is 10.2. The molecule has 0 saturated heterocycles. The Labute approximate surface area is 120 Å². The monoisotopic (exact) mass is 279 g/mol. The minimum Gasteiger partial charge on any atom is -0.489 e. The Balaban J connectivity index is 0.000000956. The van der Waals surface area contributed by atoms with E-state index in [-0.39, 0.29) is 19.1 Å². The van der Waals surface area contributed by atoms with Gasteiger partial charge in [-0.2, -0.15) is 0 Å². The SMILES string of the molecule is CC.Cc1ccc(OCCO)c(N(N)C(=N)C2CC2)c1. The van der Waals surface area contributed by atoms with Crippen molar-refractivity contribution in [1.82, 2.24) is 0 Å². The van der Waals surface area contributed by atoms with Crippen molar-refractivity contribution < 1.29 is 9.84 Å². The van der Waals surface area contributed by atoms with Gasteiger partial charge in [-0.1, -0.05) is 19.9 Å². The number of aliphatic hydroxyl groups is 1. The highest BCUT2D eigenvalue weighted by molar-refractivity contribution is 5.98. The number of nitrogens with two attached hydrogens (primary N) is 1. The molecule has 20 heavy (non-hydrogen) atoms. The molecule has 1 aromatic carbocycles. The van der Waals surface area contributed by atoms with Crippen LogP contribution in [0.3, 0.4) is 0 Å². The summed E-state index contributed by atoms with van der Waals surface area (Å²) >= 11 is 0.